The van der Waals surface area contributed by atoms with Crippen molar-refractivity contribution in [2.24, 2.45) is 0 Å². The van der Waals surface area contributed by atoms with Gasteiger partial charge in [-0.25, -0.2) is 4.79 Å². The fourth-order valence-corrected chi connectivity index (χ4v) is 3.98. The molecule has 1 saturated heterocycles. The Hall–Kier alpha value is -2.83. The summed E-state index contributed by atoms with van der Waals surface area (Å²) in [5.41, 5.74) is 0.888. The molecule has 7 heteroatoms. The smallest absolute Gasteiger partial charge is 0.325 e. The molecule has 2 N–H and O–H groups in total. The van der Waals surface area contributed by atoms with E-state index in [2.05, 4.69) is 16.7 Å². The SMILES string of the molecule is CC[C@]1(c2ccc(OC)cc2)NC(=O)N(CC(=O)NCCC2=CCCCC2)C1=O. The van der Waals surface area contributed by atoms with E-state index in [1.165, 1.54) is 18.4 Å². The molecule has 156 valence electrons. The maximum Gasteiger partial charge on any atom is 0.325 e. The van der Waals surface area contributed by atoms with E-state index in [0.717, 1.165) is 24.2 Å². The van der Waals surface area contributed by atoms with Gasteiger partial charge in [0.25, 0.3) is 5.91 Å². The lowest BCUT2D eigenvalue weighted by Crippen LogP contribution is -2.44. The Morgan fingerprint density at radius 1 is 1.24 bits per heavy atom. The van der Waals surface area contributed by atoms with Crippen molar-refractivity contribution in [3.8, 4) is 5.75 Å². The molecule has 7 nitrogen and oxygen atoms in total. The van der Waals surface area contributed by atoms with Crippen LogP contribution in [0.15, 0.2) is 35.9 Å². The standard InChI is InChI=1S/C22H29N3O4/c1-3-22(17-9-11-18(29-2)12-10-17)20(27)25(21(28)24-22)15-19(26)23-14-13-16-7-5-4-6-8-16/h7,9-12H,3-6,8,13-15H2,1-2H3,(H,23,26)(H,24,28)/t22-/m1/s1. The van der Waals surface area contributed by atoms with E-state index >= 15 is 0 Å². The molecule has 0 spiro atoms. The number of methoxy groups -OCH3 is 1. The predicted molar refractivity (Wildman–Crippen MR) is 109 cm³/mol. The first-order valence-corrected chi connectivity index (χ1v) is 10.2. The minimum atomic E-state index is -1.16. The number of ether oxygens (including phenoxy) is 1. The number of imide groups is 1. The normalized spacial score (nSPS) is 21.6. The number of nitrogens with zero attached hydrogens (tertiary/aromatic N) is 1. The summed E-state index contributed by atoms with van der Waals surface area (Å²) in [5.74, 6) is -0.0621. The number of urea groups is 1. The van der Waals surface area contributed by atoms with Crippen molar-refractivity contribution < 1.29 is 19.1 Å². The third kappa shape index (κ3) is 4.44. The second-order valence-electron chi connectivity index (χ2n) is 7.52. The molecule has 1 fully saturated rings. The molecule has 1 aromatic rings. The number of carbonyl (C=O) groups excluding carboxylic acids is 3. The van der Waals surface area contributed by atoms with E-state index < -0.39 is 17.5 Å². The van der Waals surface area contributed by atoms with Crippen molar-refractivity contribution in [1.29, 1.82) is 0 Å². The fourth-order valence-electron chi connectivity index (χ4n) is 3.98. The fraction of sp³-hybridized carbons (Fsp3) is 0.500. The highest BCUT2D eigenvalue weighted by atomic mass is 16.5. The van der Waals surface area contributed by atoms with Crippen molar-refractivity contribution in [3.05, 3.63) is 41.5 Å². The molecule has 1 aliphatic carbocycles. The minimum absolute atomic E-state index is 0.276. The predicted octanol–water partition coefficient (Wildman–Crippen LogP) is 2.86. The monoisotopic (exact) mass is 399 g/mol. The van der Waals surface area contributed by atoms with Crippen LogP contribution < -0.4 is 15.4 Å². The van der Waals surface area contributed by atoms with Crippen LogP contribution in [0, 0.1) is 0 Å². The van der Waals surface area contributed by atoms with Gasteiger partial charge in [-0.15, -0.1) is 0 Å². The number of nitrogens with one attached hydrogen (secondary N) is 2. The highest BCUT2D eigenvalue weighted by Gasteiger charge is 2.51. The molecule has 1 atom stereocenters. The number of hydrogen-bond donors (Lipinski definition) is 2. The van der Waals surface area contributed by atoms with Gasteiger partial charge in [0.1, 0.15) is 17.8 Å². The van der Waals surface area contributed by atoms with Gasteiger partial charge in [-0.3, -0.25) is 14.5 Å². The number of carbonyl (C=O) groups is 3. The third-order valence-electron chi connectivity index (χ3n) is 5.74. The quantitative estimate of drug-likeness (QED) is 0.520. The van der Waals surface area contributed by atoms with E-state index in [4.69, 9.17) is 4.74 Å². The molecule has 0 aromatic heterocycles. The summed E-state index contributed by atoms with van der Waals surface area (Å²) < 4.78 is 5.16. The number of allylic oxidation sites excluding steroid dienone is 1. The number of benzene rings is 1. The van der Waals surface area contributed by atoms with Crippen LogP contribution in [0.5, 0.6) is 5.75 Å². The molecular weight excluding hydrogens is 370 g/mol. The molecule has 1 aromatic carbocycles. The summed E-state index contributed by atoms with van der Waals surface area (Å²) in [6.45, 7) is 2.08. The van der Waals surface area contributed by atoms with Gasteiger partial charge in [-0.1, -0.05) is 30.7 Å². The zero-order valence-corrected chi connectivity index (χ0v) is 17.1. The lowest BCUT2D eigenvalue weighted by atomic mass is 9.87. The van der Waals surface area contributed by atoms with E-state index in [0.29, 0.717) is 24.3 Å². The summed E-state index contributed by atoms with van der Waals surface area (Å²) in [6, 6.07) is 6.49. The van der Waals surface area contributed by atoms with Gasteiger partial charge in [0, 0.05) is 6.54 Å². The molecule has 1 heterocycles. The first kappa shape index (κ1) is 20.9. The van der Waals surface area contributed by atoms with Gasteiger partial charge < -0.3 is 15.4 Å². The van der Waals surface area contributed by atoms with Crippen LogP contribution in [0.25, 0.3) is 0 Å². The van der Waals surface area contributed by atoms with Crippen LogP contribution in [0.2, 0.25) is 0 Å². The summed E-state index contributed by atoms with van der Waals surface area (Å²) in [7, 11) is 1.57. The van der Waals surface area contributed by atoms with Crippen molar-refractivity contribution in [1.82, 2.24) is 15.5 Å². The summed E-state index contributed by atoms with van der Waals surface area (Å²) in [6.07, 6.45) is 8.08. The van der Waals surface area contributed by atoms with E-state index in [1.54, 1.807) is 31.4 Å². The summed E-state index contributed by atoms with van der Waals surface area (Å²) in [5, 5.41) is 5.62. The second kappa shape index (κ2) is 9.11. The molecule has 1 aliphatic heterocycles. The van der Waals surface area contributed by atoms with Crippen LogP contribution in [0.4, 0.5) is 4.79 Å². The highest BCUT2D eigenvalue weighted by Crippen LogP contribution is 2.33. The van der Waals surface area contributed by atoms with Gasteiger partial charge in [0.15, 0.2) is 0 Å². The van der Waals surface area contributed by atoms with Crippen LogP contribution >= 0.6 is 0 Å². The van der Waals surface area contributed by atoms with Crippen LogP contribution in [-0.4, -0.2) is 42.9 Å². The van der Waals surface area contributed by atoms with Crippen molar-refractivity contribution >= 4 is 17.8 Å². The van der Waals surface area contributed by atoms with Crippen molar-refractivity contribution in [2.45, 2.75) is 51.0 Å². The lowest BCUT2D eigenvalue weighted by molar-refractivity contribution is -0.135. The molecule has 0 saturated carbocycles. The summed E-state index contributed by atoms with van der Waals surface area (Å²) in [4.78, 5) is 38.9. The Labute approximate surface area is 171 Å². The van der Waals surface area contributed by atoms with E-state index in [9.17, 15) is 14.4 Å². The number of amides is 4. The average molecular weight is 399 g/mol. The minimum Gasteiger partial charge on any atom is -0.497 e. The van der Waals surface area contributed by atoms with Crippen LogP contribution in [-0.2, 0) is 15.1 Å². The Bertz CT molecular complexity index is 803. The second-order valence-corrected chi connectivity index (χ2v) is 7.52. The van der Waals surface area contributed by atoms with Crippen molar-refractivity contribution in [2.75, 3.05) is 20.2 Å². The first-order valence-electron chi connectivity index (χ1n) is 10.2. The Kier molecular flexibility index (Phi) is 6.56. The Balaban J connectivity index is 1.62. The molecule has 0 bridgehead atoms. The molecule has 2 aliphatic rings. The Morgan fingerprint density at radius 3 is 2.62 bits per heavy atom. The zero-order chi connectivity index (χ0) is 20.9. The number of hydrogen-bond acceptors (Lipinski definition) is 4. The van der Waals surface area contributed by atoms with Crippen LogP contribution in [0.1, 0.15) is 51.0 Å². The average Bonchev–Trinajstić information content (AvgIpc) is 2.99. The van der Waals surface area contributed by atoms with E-state index in [-0.39, 0.29) is 12.5 Å². The third-order valence-corrected chi connectivity index (χ3v) is 5.74. The molecular formula is C22H29N3O4. The van der Waals surface area contributed by atoms with Gasteiger partial charge in [0.2, 0.25) is 5.91 Å². The van der Waals surface area contributed by atoms with Crippen LogP contribution in [0.3, 0.4) is 0 Å². The molecule has 4 amide bonds. The van der Waals surface area contributed by atoms with Gasteiger partial charge >= 0.3 is 6.03 Å². The van der Waals surface area contributed by atoms with Gasteiger partial charge in [0.05, 0.1) is 7.11 Å². The molecule has 3 rings (SSSR count). The van der Waals surface area contributed by atoms with E-state index in [1.807, 2.05) is 6.92 Å². The highest BCUT2D eigenvalue weighted by molar-refractivity contribution is 6.09. The first-order chi connectivity index (χ1) is 14.0. The number of rotatable bonds is 8. The molecule has 0 unspecified atom stereocenters. The lowest BCUT2D eigenvalue weighted by Gasteiger charge is -2.26. The van der Waals surface area contributed by atoms with Gasteiger partial charge in [-0.05, 0) is 56.2 Å². The molecule has 0 radical (unpaired) electrons. The maximum atomic E-state index is 13.1. The van der Waals surface area contributed by atoms with Gasteiger partial charge in [-0.2, -0.15) is 0 Å². The Morgan fingerprint density at radius 2 is 2.00 bits per heavy atom. The molecule has 29 heavy (non-hydrogen) atoms. The topological polar surface area (TPSA) is 87.7 Å². The summed E-state index contributed by atoms with van der Waals surface area (Å²) >= 11 is 0. The largest absolute Gasteiger partial charge is 0.497 e. The van der Waals surface area contributed by atoms with Crippen molar-refractivity contribution in [3.63, 3.8) is 0 Å². The zero-order valence-electron chi connectivity index (χ0n) is 17.1. The maximum absolute atomic E-state index is 13.1.